The molecule has 2 heterocycles. The van der Waals surface area contributed by atoms with E-state index >= 15 is 0 Å². The van der Waals surface area contributed by atoms with Gasteiger partial charge in [0.2, 0.25) is 10.9 Å². The second kappa shape index (κ2) is 5.00. The second-order valence-electron chi connectivity index (χ2n) is 4.50. The highest BCUT2D eigenvalue weighted by atomic mass is 32.1. The van der Waals surface area contributed by atoms with Crippen molar-refractivity contribution in [2.75, 3.05) is 5.32 Å². The van der Waals surface area contributed by atoms with Crippen molar-refractivity contribution >= 4 is 27.9 Å². The van der Waals surface area contributed by atoms with Gasteiger partial charge in [-0.1, -0.05) is 23.5 Å². The minimum atomic E-state index is -0.143. The number of aryl methyl sites for hydroxylation is 1. The van der Waals surface area contributed by atoms with Crippen LogP contribution in [0.2, 0.25) is 0 Å². The van der Waals surface area contributed by atoms with Crippen LogP contribution in [0.25, 0.3) is 16.2 Å². The molecule has 0 aliphatic rings. The SMILES string of the molecule is CC(=O)Nc1cccc(-c2nc3sc(C)nn3c2C#N)c1. The molecule has 0 aliphatic heterocycles. The molecule has 0 saturated carbocycles. The topological polar surface area (TPSA) is 83.1 Å². The number of nitrogens with zero attached hydrogens (tertiary/aromatic N) is 4. The maximum Gasteiger partial charge on any atom is 0.221 e. The van der Waals surface area contributed by atoms with Gasteiger partial charge in [-0.15, -0.1) is 0 Å². The molecular formula is C14H11N5OS. The summed E-state index contributed by atoms with van der Waals surface area (Å²) < 4.78 is 1.56. The number of fused-ring (bicyclic) bond motifs is 1. The summed E-state index contributed by atoms with van der Waals surface area (Å²) in [7, 11) is 0. The first-order valence-corrected chi connectivity index (χ1v) is 7.04. The molecule has 3 aromatic rings. The number of imidazole rings is 1. The molecule has 0 spiro atoms. The molecule has 0 atom stereocenters. The highest BCUT2D eigenvalue weighted by Gasteiger charge is 2.17. The lowest BCUT2D eigenvalue weighted by molar-refractivity contribution is -0.114. The monoisotopic (exact) mass is 297 g/mol. The van der Waals surface area contributed by atoms with E-state index in [2.05, 4.69) is 21.5 Å². The molecule has 2 aromatic heterocycles. The molecule has 0 bridgehead atoms. The van der Waals surface area contributed by atoms with E-state index in [0.717, 1.165) is 10.6 Å². The summed E-state index contributed by atoms with van der Waals surface area (Å²) >= 11 is 1.43. The van der Waals surface area contributed by atoms with Crippen molar-refractivity contribution in [2.45, 2.75) is 13.8 Å². The van der Waals surface area contributed by atoms with E-state index in [1.54, 1.807) is 16.6 Å². The highest BCUT2D eigenvalue weighted by molar-refractivity contribution is 7.16. The molecule has 1 N–H and O–H groups in total. The van der Waals surface area contributed by atoms with Crippen molar-refractivity contribution in [3.05, 3.63) is 35.0 Å². The Labute approximate surface area is 124 Å². The summed E-state index contributed by atoms with van der Waals surface area (Å²) in [4.78, 5) is 16.3. The van der Waals surface area contributed by atoms with E-state index in [1.807, 2.05) is 19.1 Å². The molecule has 0 aliphatic carbocycles. The quantitative estimate of drug-likeness (QED) is 0.788. The third kappa shape index (κ3) is 2.37. The van der Waals surface area contributed by atoms with Crippen molar-refractivity contribution in [2.24, 2.45) is 0 Å². The minimum absolute atomic E-state index is 0.143. The first-order valence-electron chi connectivity index (χ1n) is 6.23. The van der Waals surface area contributed by atoms with Gasteiger partial charge in [0.1, 0.15) is 16.8 Å². The maximum absolute atomic E-state index is 11.1. The summed E-state index contributed by atoms with van der Waals surface area (Å²) in [5.41, 5.74) is 2.41. The normalized spacial score (nSPS) is 10.5. The van der Waals surface area contributed by atoms with Crippen molar-refractivity contribution in [1.82, 2.24) is 14.6 Å². The number of rotatable bonds is 2. The van der Waals surface area contributed by atoms with E-state index in [1.165, 1.54) is 18.3 Å². The average Bonchev–Trinajstić information content (AvgIpc) is 2.93. The Bertz CT molecular complexity index is 887. The number of hydrogen-bond acceptors (Lipinski definition) is 5. The van der Waals surface area contributed by atoms with Gasteiger partial charge in [-0.05, 0) is 19.1 Å². The van der Waals surface area contributed by atoms with Gasteiger partial charge in [0.05, 0.1) is 0 Å². The molecule has 0 radical (unpaired) electrons. The van der Waals surface area contributed by atoms with Crippen LogP contribution in [-0.2, 0) is 4.79 Å². The number of nitriles is 1. The van der Waals surface area contributed by atoms with Gasteiger partial charge >= 0.3 is 0 Å². The van der Waals surface area contributed by atoms with Crippen molar-refractivity contribution in [1.29, 1.82) is 5.26 Å². The van der Waals surface area contributed by atoms with Gasteiger partial charge in [-0.2, -0.15) is 14.9 Å². The van der Waals surface area contributed by atoms with Gasteiger partial charge < -0.3 is 5.32 Å². The van der Waals surface area contributed by atoms with Gasteiger partial charge in [-0.25, -0.2) is 4.98 Å². The van der Waals surface area contributed by atoms with E-state index < -0.39 is 0 Å². The predicted molar refractivity (Wildman–Crippen MR) is 80.1 cm³/mol. The number of carbonyl (C=O) groups excluding carboxylic acids is 1. The number of carbonyl (C=O) groups is 1. The largest absolute Gasteiger partial charge is 0.326 e. The van der Waals surface area contributed by atoms with Gasteiger partial charge in [-0.3, -0.25) is 4.79 Å². The molecule has 21 heavy (non-hydrogen) atoms. The van der Waals surface area contributed by atoms with Crippen LogP contribution in [0.3, 0.4) is 0 Å². The fraction of sp³-hybridized carbons (Fsp3) is 0.143. The summed E-state index contributed by atoms with van der Waals surface area (Å²) in [6.07, 6.45) is 0. The molecule has 3 rings (SSSR count). The van der Waals surface area contributed by atoms with Crippen LogP contribution in [-0.4, -0.2) is 20.5 Å². The Balaban J connectivity index is 2.14. The third-order valence-electron chi connectivity index (χ3n) is 2.87. The standard InChI is InChI=1S/C14H11N5OS/c1-8(20)16-11-5-3-4-10(6-11)13-12(7-15)19-14(17-13)21-9(2)18-19/h3-6H,1-2H3,(H,16,20). The Kier molecular flexibility index (Phi) is 3.16. The second-order valence-corrected chi connectivity index (χ2v) is 5.66. The Morgan fingerprint density at radius 3 is 3.00 bits per heavy atom. The van der Waals surface area contributed by atoms with Crippen LogP contribution in [0.5, 0.6) is 0 Å². The predicted octanol–water partition coefficient (Wildman–Crippen LogP) is 2.60. The van der Waals surface area contributed by atoms with Gasteiger partial charge in [0.25, 0.3) is 0 Å². The summed E-state index contributed by atoms with van der Waals surface area (Å²) in [6, 6.07) is 9.40. The van der Waals surface area contributed by atoms with Crippen LogP contribution in [0, 0.1) is 18.3 Å². The number of benzene rings is 1. The van der Waals surface area contributed by atoms with Crippen molar-refractivity contribution in [3.8, 4) is 17.3 Å². The molecule has 1 amide bonds. The zero-order valence-corrected chi connectivity index (χ0v) is 12.2. The lowest BCUT2D eigenvalue weighted by Crippen LogP contribution is -2.05. The van der Waals surface area contributed by atoms with E-state index in [4.69, 9.17) is 0 Å². The number of aromatic nitrogens is 3. The van der Waals surface area contributed by atoms with Crippen LogP contribution < -0.4 is 5.32 Å². The molecule has 0 saturated heterocycles. The maximum atomic E-state index is 11.1. The smallest absolute Gasteiger partial charge is 0.221 e. The van der Waals surface area contributed by atoms with E-state index in [-0.39, 0.29) is 5.91 Å². The van der Waals surface area contributed by atoms with Crippen LogP contribution in [0.15, 0.2) is 24.3 Å². The fourth-order valence-electron chi connectivity index (χ4n) is 2.09. The molecule has 0 unspecified atom stereocenters. The van der Waals surface area contributed by atoms with E-state index in [0.29, 0.717) is 22.0 Å². The summed E-state index contributed by atoms with van der Waals surface area (Å²) in [5.74, 6) is -0.143. The Morgan fingerprint density at radius 1 is 1.48 bits per heavy atom. The van der Waals surface area contributed by atoms with Crippen LogP contribution >= 0.6 is 11.3 Å². The lowest BCUT2D eigenvalue weighted by atomic mass is 10.1. The van der Waals surface area contributed by atoms with Crippen LogP contribution in [0.4, 0.5) is 5.69 Å². The first kappa shape index (κ1) is 13.3. The number of anilines is 1. The molecule has 0 fully saturated rings. The highest BCUT2D eigenvalue weighted by Crippen LogP contribution is 2.28. The number of nitrogens with one attached hydrogen (secondary N) is 1. The van der Waals surface area contributed by atoms with Crippen molar-refractivity contribution in [3.63, 3.8) is 0 Å². The Hall–Kier alpha value is -2.72. The van der Waals surface area contributed by atoms with Crippen molar-refractivity contribution < 1.29 is 4.79 Å². The van der Waals surface area contributed by atoms with Gasteiger partial charge in [0, 0.05) is 18.2 Å². The fourth-order valence-corrected chi connectivity index (χ4v) is 2.84. The molecule has 6 nitrogen and oxygen atoms in total. The number of hydrogen-bond donors (Lipinski definition) is 1. The average molecular weight is 297 g/mol. The first-order chi connectivity index (χ1) is 10.1. The lowest BCUT2D eigenvalue weighted by Gasteiger charge is -2.04. The Morgan fingerprint density at radius 2 is 2.29 bits per heavy atom. The van der Waals surface area contributed by atoms with Gasteiger partial charge in [0.15, 0.2) is 5.69 Å². The summed E-state index contributed by atoms with van der Waals surface area (Å²) in [6.45, 7) is 3.32. The molecule has 7 heteroatoms. The number of amides is 1. The minimum Gasteiger partial charge on any atom is -0.326 e. The summed E-state index contributed by atoms with van der Waals surface area (Å²) in [5, 5.41) is 17.2. The molecule has 1 aromatic carbocycles. The third-order valence-corrected chi connectivity index (χ3v) is 3.69. The zero-order chi connectivity index (χ0) is 15.0. The molecule has 104 valence electrons. The zero-order valence-electron chi connectivity index (χ0n) is 11.4. The van der Waals surface area contributed by atoms with Crippen LogP contribution in [0.1, 0.15) is 17.6 Å². The molecular weight excluding hydrogens is 286 g/mol. The van der Waals surface area contributed by atoms with E-state index in [9.17, 15) is 10.1 Å².